The summed E-state index contributed by atoms with van der Waals surface area (Å²) in [5.41, 5.74) is 4.80. The van der Waals surface area contributed by atoms with E-state index < -0.39 is 0 Å². The van der Waals surface area contributed by atoms with Crippen LogP contribution in [0.2, 0.25) is 0 Å². The van der Waals surface area contributed by atoms with Gasteiger partial charge in [0.2, 0.25) is 0 Å². The van der Waals surface area contributed by atoms with Crippen LogP contribution in [-0.2, 0) is 42.7 Å². The van der Waals surface area contributed by atoms with Crippen LogP contribution in [0.5, 0.6) is 0 Å². The molecule has 2 aromatic carbocycles. The molecule has 274 valence electrons. The molecule has 0 radical (unpaired) electrons. The molecule has 0 fully saturated rings. The zero-order chi connectivity index (χ0) is 34.8. The van der Waals surface area contributed by atoms with E-state index in [1.165, 1.54) is 46.4 Å². The second-order valence-corrected chi connectivity index (χ2v) is 11.8. The number of esters is 1. The van der Waals surface area contributed by atoms with Gasteiger partial charge in [0.1, 0.15) is 13.2 Å². The Balaban J connectivity index is 1.03. The number of fused-ring (bicyclic) bond motifs is 3. The molecule has 0 saturated heterocycles. The number of amides is 1. The number of likely N-dealkylation sites (N-methyl/N-ethyl adjacent to an activating group) is 1. The molecule has 1 amide bonds. The number of carbonyl (C=O) groups excluding carboxylic acids is 2. The summed E-state index contributed by atoms with van der Waals surface area (Å²) in [4.78, 5) is 25.8. The summed E-state index contributed by atoms with van der Waals surface area (Å²) in [6.07, 6.45) is 5.69. The van der Waals surface area contributed by atoms with Gasteiger partial charge in [0, 0.05) is 25.9 Å². The normalized spacial score (nSPS) is 12.1. The Morgan fingerprint density at radius 3 is 1.53 bits per heavy atom. The van der Waals surface area contributed by atoms with E-state index in [9.17, 15) is 9.59 Å². The van der Waals surface area contributed by atoms with E-state index in [1.54, 1.807) is 7.05 Å². The van der Waals surface area contributed by atoms with Crippen LogP contribution in [-0.4, -0.2) is 123 Å². The largest absolute Gasteiger partial charge is 0.463 e. The first kappa shape index (κ1) is 40.4. The predicted octanol–water partition coefficient (Wildman–Crippen LogP) is 5.87. The van der Waals surface area contributed by atoms with E-state index in [2.05, 4.69) is 31.2 Å². The SMILES string of the molecule is CCCCCCCC(=O)OCCOCCOCCOCCOCCOCCOCCN(C)C(=O)OCC1c2ccccc2-c2ccccc21. The Hall–Kier alpha value is -3.06. The highest BCUT2D eigenvalue weighted by Crippen LogP contribution is 2.44. The number of hydrogen-bond acceptors (Lipinski definition) is 10. The van der Waals surface area contributed by atoms with Crippen molar-refractivity contribution >= 4 is 12.1 Å². The molecular weight excluding hydrogens is 630 g/mol. The minimum Gasteiger partial charge on any atom is -0.463 e. The fourth-order valence-corrected chi connectivity index (χ4v) is 5.36. The van der Waals surface area contributed by atoms with Crippen LogP contribution in [0.3, 0.4) is 0 Å². The van der Waals surface area contributed by atoms with Crippen molar-refractivity contribution in [2.45, 2.75) is 51.4 Å². The van der Waals surface area contributed by atoms with E-state index in [4.69, 9.17) is 37.9 Å². The van der Waals surface area contributed by atoms with Crippen LogP contribution in [0.1, 0.15) is 62.5 Å². The zero-order valence-corrected chi connectivity index (χ0v) is 29.6. The molecule has 11 heteroatoms. The Bertz CT molecular complexity index is 1130. The van der Waals surface area contributed by atoms with E-state index >= 15 is 0 Å². The summed E-state index contributed by atoms with van der Waals surface area (Å²) >= 11 is 0. The lowest BCUT2D eigenvalue weighted by Gasteiger charge is -2.19. The quantitative estimate of drug-likeness (QED) is 0.0761. The first-order valence-electron chi connectivity index (χ1n) is 17.8. The third-order valence-corrected chi connectivity index (χ3v) is 8.05. The van der Waals surface area contributed by atoms with Crippen LogP contribution >= 0.6 is 0 Å². The standard InChI is InChI=1S/C38H57NO10/c1-3-4-5-6-7-16-37(40)48-30-29-47-28-27-46-26-25-45-24-23-44-22-21-43-20-19-42-18-17-39(2)38(41)49-31-36-34-14-10-8-12-32(34)33-13-9-11-15-35(33)36/h8-15,36H,3-7,16-31H2,1-2H3. The number of rotatable bonds is 29. The highest BCUT2D eigenvalue weighted by molar-refractivity contribution is 5.79. The Morgan fingerprint density at radius 2 is 1.02 bits per heavy atom. The van der Waals surface area contributed by atoms with Crippen LogP contribution < -0.4 is 0 Å². The number of nitrogens with zero attached hydrogens (tertiary/aromatic N) is 1. The maximum atomic E-state index is 12.6. The summed E-state index contributed by atoms with van der Waals surface area (Å²) in [7, 11) is 1.71. The zero-order valence-electron chi connectivity index (χ0n) is 29.6. The lowest BCUT2D eigenvalue weighted by Crippen LogP contribution is -2.32. The summed E-state index contributed by atoms with van der Waals surface area (Å²) in [5, 5.41) is 0. The van der Waals surface area contributed by atoms with Gasteiger partial charge in [-0.15, -0.1) is 0 Å². The predicted molar refractivity (Wildman–Crippen MR) is 187 cm³/mol. The first-order valence-corrected chi connectivity index (χ1v) is 17.8. The first-order chi connectivity index (χ1) is 24.1. The molecule has 1 aliphatic carbocycles. The molecule has 0 atom stereocenters. The molecule has 0 aromatic heterocycles. The molecule has 0 N–H and O–H groups in total. The minimum absolute atomic E-state index is 0.0394. The monoisotopic (exact) mass is 687 g/mol. The van der Waals surface area contributed by atoms with Crippen molar-refractivity contribution < 1.29 is 47.5 Å². The molecule has 49 heavy (non-hydrogen) atoms. The van der Waals surface area contributed by atoms with Crippen LogP contribution in [0.4, 0.5) is 4.79 Å². The van der Waals surface area contributed by atoms with Gasteiger partial charge in [-0.2, -0.15) is 0 Å². The van der Waals surface area contributed by atoms with E-state index in [0.29, 0.717) is 98.9 Å². The molecule has 0 bridgehead atoms. The molecule has 1 aliphatic rings. The third-order valence-electron chi connectivity index (χ3n) is 8.05. The lowest BCUT2D eigenvalue weighted by atomic mass is 9.98. The van der Waals surface area contributed by atoms with E-state index in [-0.39, 0.29) is 24.6 Å². The van der Waals surface area contributed by atoms with Gasteiger partial charge >= 0.3 is 12.1 Å². The van der Waals surface area contributed by atoms with Crippen molar-refractivity contribution in [3.8, 4) is 11.1 Å². The van der Waals surface area contributed by atoms with E-state index in [0.717, 1.165) is 12.8 Å². The smallest absolute Gasteiger partial charge is 0.409 e. The molecule has 0 spiro atoms. The number of benzene rings is 2. The fraction of sp³-hybridized carbons (Fsp3) is 0.632. The van der Waals surface area contributed by atoms with Crippen LogP contribution in [0, 0.1) is 0 Å². The van der Waals surface area contributed by atoms with Gasteiger partial charge < -0.3 is 42.8 Å². The topological polar surface area (TPSA) is 111 Å². The molecule has 0 heterocycles. The van der Waals surface area contributed by atoms with Crippen LogP contribution in [0.25, 0.3) is 11.1 Å². The summed E-state index contributed by atoms with van der Waals surface area (Å²) in [6, 6.07) is 16.6. The number of ether oxygens (including phenoxy) is 8. The third kappa shape index (κ3) is 16.5. The van der Waals surface area contributed by atoms with Crippen molar-refractivity contribution in [2.75, 3.05) is 106 Å². The maximum Gasteiger partial charge on any atom is 0.409 e. The molecule has 3 rings (SSSR count). The van der Waals surface area contributed by atoms with Gasteiger partial charge in [0.15, 0.2) is 0 Å². The number of hydrogen-bond donors (Lipinski definition) is 0. The van der Waals surface area contributed by atoms with Crippen molar-refractivity contribution in [3.05, 3.63) is 59.7 Å². The second kappa shape index (κ2) is 25.8. The van der Waals surface area contributed by atoms with Crippen molar-refractivity contribution in [3.63, 3.8) is 0 Å². The van der Waals surface area contributed by atoms with Gasteiger partial charge in [0.05, 0.1) is 79.3 Å². The van der Waals surface area contributed by atoms with Crippen LogP contribution in [0.15, 0.2) is 48.5 Å². The van der Waals surface area contributed by atoms with Gasteiger partial charge in [-0.1, -0.05) is 81.1 Å². The van der Waals surface area contributed by atoms with Gasteiger partial charge in [-0.05, 0) is 28.7 Å². The van der Waals surface area contributed by atoms with E-state index in [1.807, 2.05) is 24.3 Å². The van der Waals surface area contributed by atoms with Gasteiger partial charge in [0.25, 0.3) is 0 Å². The lowest BCUT2D eigenvalue weighted by molar-refractivity contribution is -0.145. The highest BCUT2D eigenvalue weighted by Gasteiger charge is 2.29. The number of carbonyl (C=O) groups is 2. The molecule has 11 nitrogen and oxygen atoms in total. The highest BCUT2D eigenvalue weighted by atomic mass is 16.6. The molecule has 0 aliphatic heterocycles. The maximum absolute atomic E-state index is 12.6. The summed E-state index contributed by atoms with van der Waals surface area (Å²) in [6.45, 7) is 8.56. The van der Waals surface area contributed by atoms with Crippen molar-refractivity contribution in [1.82, 2.24) is 4.90 Å². The summed E-state index contributed by atoms with van der Waals surface area (Å²) in [5.74, 6) is -0.112. The van der Waals surface area contributed by atoms with Crippen molar-refractivity contribution in [2.24, 2.45) is 0 Å². The fourth-order valence-electron chi connectivity index (χ4n) is 5.36. The second-order valence-electron chi connectivity index (χ2n) is 11.8. The Labute approximate surface area is 292 Å². The Morgan fingerprint density at radius 1 is 0.571 bits per heavy atom. The molecule has 0 unspecified atom stereocenters. The minimum atomic E-state index is -0.365. The summed E-state index contributed by atoms with van der Waals surface area (Å²) < 4.78 is 43.9. The Kier molecular flexibility index (Phi) is 21.3. The van der Waals surface area contributed by atoms with Gasteiger partial charge in [-0.3, -0.25) is 4.79 Å². The molecule has 2 aromatic rings. The van der Waals surface area contributed by atoms with Gasteiger partial charge in [-0.25, -0.2) is 4.79 Å². The average Bonchev–Trinajstić information content (AvgIpc) is 3.44. The molecule has 0 saturated carbocycles. The average molecular weight is 688 g/mol. The van der Waals surface area contributed by atoms with Crippen molar-refractivity contribution in [1.29, 1.82) is 0 Å². The number of unbranched alkanes of at least 4 members (excludes halogenated alkanes) is 4. The molecular formula is C38H57NO10.